The van der Waals surface area contributed by atoms with Crippen LogP contribution in [0.15, 0.2) is 29.3 Å². The summed E-state index contributed by atoms with van der Waals surface area (Å²) in [6, 6.07) is 7.44. The molecule has 0 aliphatic carbocycles. The van der Waals surface area contributed by atoms with Crippen LogP contribution in [0.1, 0.15) is 30.9 Å². The molecule has 2 heterocycles. The van der Waals surface area contributed by atoms with Crippen molar-refractivity contribution in [2.75, 3.05) is 6.61 Å². The summed E-state index contributed by atoms with van der Waals surface area (Å²) in [6.07, 6.45) is 0.592. The molecule has 102 valence electrons. The minimum absolute atomic E-state index is 0.497. The monoisotopic (exact) mass is 263 g/mol. The highest BCUT2D eigenvalue weighted by Gasteiger charge is 2.40. The zero-order valence-electron chi connectivity index (χ0n) is 11.0. The van der Waals surface area contributed by atoms with Gasteiger partial charge in [0.05, 0.1) is 6.61 Å². The smallest absolute Gasteiger partial charge is 0.227 e. The second-order valence-corrected chi connectivity index (χ2v) is 4.95. The molecule has 3 atom stereocenters. The quantitative estimate of drug-likeness (QED) is 0.821. The van der Waals surface area contributed by atoms with Crippen molar-refractivity contribution >= 4 is 5.90 Å². The Morgan fingerprint density at radius 1 is 1.37 bits per heavy atom. The fraction of sp³-hybridized carbons (Fsp3) is 0.533. The van der Waals surface area contributed by atoms with E-state index in [9.17, 15) is 4.39 Å². The Morgan fingerprint density at radius 2 is 2.21 bits per heavy atom. The van der Waals surface area contributed by atoms with Crippen LogP contribution < -0.4 is 0 Å². The van der Waals surface area contributed by atoms with E-state index in [2.05, 4.69) is 11.9 Å². The molecule has 3 rings (SSSR count). The third-order valence-corrected chi connectivity index (χ3v) is 3.68. The molecule has 0 radical (unpaired) electrons. The number of aliphatic imine (C=N–C) groups is 1. The number of aryl methyl sites for hydroxylation is 1. The maximum Gasteiger partial charge on any atom is 0.227 e. The van der Waals surface area contributed by atoms with Gasteiger partial charge in [0.15, 0.2) is 0 Å². The number of ether oxygens (including phenoxy) is 2. The van der Waals surface area contributed by atoms with Gasteiger partial charge in [-0.1, -0.05) is 25.1 Å². The molecule has 3 unspecified atom stereocenters. The Morgan fingerprint density at radius 3 is 3.05 bits per heavy atom. The Hall–Kier alpha value is -1.42. The molecule has 2 aliphatic heterocycles. The van der Waals surface area contributed by atoms with Crippen molar-refractivity contribution in [2.45, 2.75) is 44.7 Å². The van der Waals surface area contributed by atoms with Crippen LogP contribution >= 0.6 is 0 Å². The second kappa shape index (κ2) is 5.29. The van der Waals surface area contributed by atoms with E-state index in [1.807, 2.05) is 24.3 Å². The largest absolute Gasteiger partial charge is 0.445 e. The van der Waals surface area contributed by atoms with Gasteiger partial charge in [0.2, 0.25) is 12.2 Å². The lowest BCUT2D eigenvalue weighted by Gasteiger charge is -2.16. The van der Waals surface area contributed by atoms with Crippen molar-refractivity contribution in [3.63, 3.8) is 0 Å². The van der Waals surface area contributed by atoms with Gasteiger partial charge in [-0.05, 0) is 30.9 Å². The van der Waals surface area contributed by atoms with Gasteiger partial charge >= 0.3 is 0 Å². The molecule has 19 heavy (non-hydrogen) atoms. The number of hydrogen-bond acceptors (Lipinski definition) is 3. The van der Waals surface area contributed by atoms with E-state index in [0.29, 0.717) is 18.9 Å². The number of halogens is 1. The van der Waals surface area contributed by atoms with E-state index in [4.69, 9.17) is 9.47 Å². The van der Waals surface area contributed by atoms with Gasteiger partial charge in [0.1, 0.15) is 12.2 Å². The van der Waals surface area contributed by atoms with Gasteiger partial charge in [0, 0.05) is 5.56 Å². The van der Waals surface area contributed by atoms with Gasteiger partial charge in [-0.3, -0.25) is 0 Å². The van der Waals surface area contributed by atoms with Crippen LogP contribution in [0.5, 0.6) is 0 Å². The van der Waals surface area contributed by atoms with E-state index in [1.54, 1.807) is 0 Å². The highest BCUT2D eigenvalue weighted by atomic mass is 19.1. The molecule has 0 amide bonds. The lowest BCUT2D eigenvalue weighted by atomic mass is 10.1. The van der Waals surface area contributed by atoms with Crippen molar-refractivity contribution in [1.82, 2.24) is 0 Å². The fourth-order valence-corrected chi connectivity index (χ4v) is 2.61. The van der Waals surface area contributed by atoms with Crippen LogP contribution in [-0.4, -0.2) is 31.0 Å². The Kier molecular flexibility index (Phi) is 3.51. The van der Waals surface area contributed by atoms with Crippen LogP contribution in [-0.2, 0) is 15.9 Å². The fourth-order valence-electron chi connectivity index (χ4n) is 2.61. The summed E-state index contributed by atoms with van der Waals surface area (Å²) in [7, 11) is 0. The first kappa shape index (κ1) is 12.6. The van der Waals surface area contributed by atoms with E-state index in [0.717, 1.165) is 24.0 Å². The molecule has 0 bridgehead atoms. The molecule has 2 aliphatic rings. The molecule has 4 heteroatoms. The van der Waals surface area contributed by atoms with Crippen LogP contribution in [0, 0.1) is 0 Å². The third-order valence-electron chi connectivity index (χ3n) is 3.68. The molecule has 1 fully saturated rings. The van der Waals surface area contributed by atoms with Crippen LogP contribution in [0.4, 0.5) is 4.39 Å². The number of benzene rings is 1. The van der Waals surface area contributed by atoms with Crippen molar-refractivity contribution in [1.29, 1.82) is 0 Å². The summed E-state index contributed by atoms with van der Waals surface area (Å²) >= 11 is 0. The van der Waals surface area contributed by atoms with Gasteiger partial charge in [0.25, 0.3) is 0 Å². The Balaban J connectivity index is 1.90. The topological polar surface area (TPSA) is 30.8 Å². The molecule has 0 spiro atoms. The van der Waals surface area contributed by atoms with Crippen molar-refractivity contribution < 1.29 is 13.9 Å². The van der Waals surface area contributed by atoms with Gasteiger partial charge < -0.3 is 9.47 Å². The molecule has 0 saturated carbocycles. The predicted octanol–water partition coefficient (Wildman–Crippen LogP) is 2.87. The van der Waals surface area contributed by atoms with Crippen LogP contribution in [0.25, 0.3) is 0 Å². The summed E-state index contributed by atoms with van der Waals surface area (Å²) in [5, 5.41) is 0. The molecule has 0 N–H and O–H groups in total. The number of nitrogens with zero attached hydrogens (tertiary/aromatic N) is 1. The average molecular weight is 263 g/mol. The maximum absolute atomic E-state index is 14.0. The summed E-state index contributed by atoms with van der Waals surface area (Å²) in [4.78, 5) is 4.42. The number of rotatable bonds is 2. The van der Waals surface area contributed by atoms with Crippen LogP contribution in [0.2, 0.25) is 0 Å². The minimum atomic E-state index is -0.973. The van der Waals surface area contributed by atoms with Gasteiger partial charge in [-0.15, -0.1) is 0 Å². The first-order valence-electron chi connectivity index (χ1n) is 6.88. The Bertz CT molecular complexity index is 489. The molecular formula is C15H18FNO2. The van der Waals surface area contributed by atoms with Gasteiger partial charge in [-0.2, -0.15) is 0 Å². The second-order valence-electron chi connectivity index (χ2n) is 4.95. The number of alkyl halides is 1. The highest BCUT2D eigenvalue weighted by Crippen LogP contribution is 2.29. The zero-order valence-corrected chi connectivity index (χ0v) is 11.0. The maximum atomic E-state index is 14.0. The standard InChI is InChI=1S/C15H18FNO2/c1-2-10-6-3-4-7-11(10)14-17-13-12(16)8-5-9-18-15(13)19-14/h3-4,6-7,12-13,15H,2,5,8-9H2,1H3. The van der Waals surface area contributed by atoms with E-state index < -0.39 is 18.5 Å². The number of hydrogen-bond donors (Lipinski definition) is 0. The molecule has 1 aromatic rings. The first-order chi connectivity index (χ1) is 9.29. The summed E-state index contributed by atoms with van der Waals surface area (Å²) in [5.74, 6) is 0.525. The zero-order chi connectivity index (χ0) is 13.2. The van der Waals surface area contributed by atoms with E-state index in [1.165, 1.54) is 0 Å². The third kappa shape index (κ3) is 2.37. The predicted molar refractivity (Wildman–Crippen MR) is 71.1 cm³/mol. The van der Waals surface area contributed by atoms with E-state index in [-0.39, 0.29) is 0 Å². The molecule has 3 nitrogen and oxygen atoms in total. The van der Waals surface area contributed by atoms with Crippen LogP contribution in [0.3, 0.4) is 0 Å². The molecular weight excluding hydrogens is 245 g/mol. The first-order valence-corrected chi connectivity index (χ1v) is 6.88. The average Bonchev–Trinajstić information content (AvgIpc) is 2.80. The minimum Gasteiger partial charge on any atom is -0.445 e. The lowest BCUT2D eigenvalue weighted by molar-refractivity contribution is -0.0863. The highest BCUT2D eigenvalue weighted by molar-refractivity contribution is 5.96. The summed E-state index contributed by atoms with van der Waals surface area (Å²) in [6.45, 7) is 2.63. The van der Waals surface area contributed by atoms with Crippen molar-refractivity contribution in [3.8, 4) is 0 Å². The summed E-state index contributed by atoms with van der Waals surface area (Å²) in [5.41, 5.74) is 2.11. The molecule has 0 aromatic heterocycles. The van der Waals surface area contributed by atoms with Gasteiger partial charge in [-0.25, -0.2) is 9.38 Å². The number of fused-ring (bicyclic) bond motifs is 1. The SMILES string of the molecule is CCc1ccccc1C1=NC2C(F)CCCOC2O1. The van der Waals surface area contributed by atoms with Crippen molar-refractivity contribution in [2.24, 2.45) is 4.99 Å². The molecule has 1 saturated heterocycles. The molecule has 1 aromatic carbocycles. The summed E-state index contributed by atoms with van der Waals surface area (Å²) < 4.78 is 25.3. The lowest BCUT2D eigenvalue weighted by Crippen LogP contribution is -2.31. The Labute approximate surface area is 112 Å². The van der Waals surface area contributed by atoms with E-state index >= 15 is 0 Å². The van der Waals surface area contributed by atoms with Crippen molar-refractivity contribution in [3.05, 3.63) is 35.4 Å². The normalized spacial score (nSPS) is 30.2.